The molecule has 0 aliphatic rings. The first-order valence-corrected chi connectivity index (χ1v) is 11.8. The van der Waals surface area contributed by atoms with Crippen molar-refractivity contribution >= 4 is 27.6 Å². The number of rotatable bonds is 10. The van der Waals surface area contributed by atoms with Crippen molar-refractivity contribution in [1.82, 2.24) is 5.32 Å². The van der Waals surface area contributed by atoms with Crippen molar-refractivity contribution in [3.8, 4) is 5.75 Å². The van der Waals surface area contributed by atoms with Gasteiger partial charge in [0.05, 0.1) is 22.8 Å². The van der Waals surface area contributed by atoms with Crippen molar-refractivity contribution in [3.05, 3.63) is 89.7 Å². The van der Waals surface area contributed by atoms with Crippen molar-refractivity contribution in [2.45, 2.75) is 18.4 Å². The van der Waals surface area contributed by atoms with Crippen LogP contribution in [0.25, 0.3) is 0 Å². The Balaban J connectivity index is 1.61. The summed E-state index contributed by atoms with van der Waals surface area (Å²) >= 11 is 0. The number of carbonyl (C=O) groups is 2. The van der Waals surface area contributed by atoms with Gasteiger partial charge in [-0.2, -0.15) is 0 Å². The van der Waals surface area contributed by atoms with E-state index in [-0.39, 0.29) is 28.5 Å². The van der Waals surface area contributed by atoms with Gasteiger partial charge in [-0.3, -0.25) is 9.52 Å². The number of amides is 1. The first-order valence-electron chi connectivity index (χ1n) is 10.3. The molecule has 0 saturated carbocycles. The summed E-state index contributed by atoms with van der Waals surface area (Å²) in [6.45, 7) is 1.83. The molecule has 0 spiro atoms. The highest BCUT2D eigenvalue weighted by Crippen LogP contribution is 2.22. The fourth-order valence-corrected chi connectivity index (χ4v) is 3.98. The van der Waals surface area contributed by atoms with Crippen LogP contribution in [0.15, 0.2) is 77.7 Å². The number of nitrogens with one attached hydrogen (secondary N) is 2. The summed E-state index contributed by atoms with van der Waals surface area (Å²) in [6, 6.07) is 17.3. The molecule has 0 radical (unpaired) electrons. The lowest BCUT2D eigenvalue weighted by Gasteiger charge is -2.13. The van der Waals surface area contributed by atoms with Gasteiger partial charge < -0.3 is 14.8 Å². The zero-order valence-electron chi connectivity index (χ0n) is 18.3. The number of hydrogen-bond acceptors (Lipinski definition) is 6. The molecule has 3 aromatic carbocycles. The van der Waals surface area contributed by atoms with E-state index < -0.39 is 28.5 Å². The number of halogens is 1. The van der Waals surface area contributed by atoms with Crippen molar-refractivity contribution in [1.29, 1.82) is 0 Å². The zero-order chi connectivity index (χ0) is 24.6. The molecule has 0 atom stereocenters. The van der Waals surface area contributed by atoms with Gasteiger partial charge in [-0.1, -0.05) is 24.3 Å². The fraction of sp³-hybridized carbons (Fsp3) is 0.167. The topological polar surface area (TPSA) is 111 Å². The molecule has 0 aliphatic heterocycles. The van der Waals surface area contributed by atoms with Gasteiger partial charge in [0.1, 0.15) is 11.6 Å². The quantitative estimate of drug-likeness (QED) is 0.425. The van der Waals surface area contributed by atoms with E-state index in [9.17, 15) is 22.4 Å². The van der Waals surface area contributed by atoms with Crippen LogP contribution in [0.1, 0.15) is 22.8 Å². The second kappa shape index (κ2) is 11.3. The molecule has 0 unspecified atom stereocenters. The average molecular weight is 487 g/mol. The van der Waals surface area contributed by atoms with Crippen LogP contribution in [-0.4, -0.2) is 33.5 Å². The van der Waals surface area contributed by atoms with E-state index in [4.69, 9.17) is 9.47 Å². The van der Waals surface area contributed by atoms with Crippen LogP contribution in [0.5, 0.6) is 5.75 Å². The monoisotopic (exact) mass is 486 g/mol. The van der Waals surface area contributed by atoms with Gasteiger partial charge in [-0.25, -0.2) is 17.6 Å². The van der Waals surface area contributed by atoms with Crippen molar-refractivity contribution < 1.29 is 31.9 Å². The molecule has 3 rings (SSSR count). The van der Waals surface area contributed by atoms with Gasteiger partial charge in [-0.15, -0.1) is 0 Å². The third-order valence-electron chi connectivity index (χ3n) is 4.57. The van der Waals surface area contributed by atoms with Gasteiger partial charge in [0.25, 0.3) is 15.9 Å². The van der Waals surface area contributed by atoms with E-state index in [2.05, 4.69) is 10.0 Å². The third-order valence-corrected chi connectivity index (χ3v) is 5.96. The number of benzene rings is 3. The first kappa shape index (κ1) is 24.7. The van der Waals surface area contributed by atoms with E-state index in [0.29, 0.717) is 17.9 Å². The molecule has 10 heteroatoms. The van der Waals surface area contributed by atoms with E-state index in [1.165, 1.54) is 60.7 Å². The lowest BCUT2D eigenvalue weighted by molar-refractivity contribution is -0.124. The Hall–Kier alpha value is -3.92. The molecule has 1 amide bonds. The summed E-state index contributed by atoms with van der Waals surface area (Å²) < 4.78 is 51.2. The normalized spacial score (nSPS) is 10.9. The maximum Gasteiger partial charge on any atom is 0.340 e. The predicted molar refractivity (Wildman–Crippen MR) is 123 cm³/mol. The molecular formula is C24H23FN2O6S. The van der Waals surface area contributed by atoms with E-state index >= 15 is 0 Å². The first-order chi connectivity index (χ1) is 16.3. The van der Waals surface area contributed by atoms with Gasteiger partial charge in [0.2, 0.25) is 0 Å². The van der Waals surface area contributed by atoms with E-state index in [1.54, 1.807) is 12.1 Å². The number of carbonyl (C=O) groups excluding carboxylic acids is 2. The minimum absolute atomic E-state index is 0.00750. The second-order valence-electron chi connectivity index (χ2n) is 7.03. The Morgan fingerprint density at radius 1 is 0.941 bits per heavy atom. The lowest BCUT2D eigenvalue weighted by Crippen LogP contribution is -2.28. The molecule has 0 bridgehead atoms. The Kier molecular flexibility index (Phi) is 8.20. The van der Waals surface area contributed by atoms with Gasteiger partial charge in [-0.05, 0) is 61.0 Å². The van der Waals surface area contributed by atoms with Gasteiger partial charge in [0, 0.05) is 6.54 Å². The van der Waals surface area contributed by atoms with E-state index in [0.717, 1.165) is 0 Å². The van der Waals surface area contributed by atoms with Crippen LogP contribution in [-0.2, 0) is 26.1 Å². The number of ether oxygens (including phenoxy) is 2. The molecule has 0 fully saturated rings. The number of anilines is 1. The fourth-order valence-electron chi connectivity index (χ4n) is 2.90. The molecule has 3 aromatic rings. The van der Waals surface area contributed by atoms with Crippen LogP contribution in [0.2, 0.25) is 0 Å². The molecule has 34 heavy (non-hydrogen) atoms. The Bertz CT molecular complexity index is 1250. The van der Waals surface area contributed by atoms with Crippen molar-refractivity contribution in [2.24, 2.45) is 0 Å². The minimum Gasteiger partial charge on any atom is -0.494 e. The van der Waals surface area contributed by atoms with Crippen LogP contribution in [0, 0.1) is 5.82 Å². The SMILES string of the molecule is CCOc1ccc(S(=O)(=O)Nc2ccccc2C(=O)OCC(=O)NCc2ccc(F)cc2)cc1. The Morgan fingerprint density at radius 3 is 2.29 bits per heavy atom. The van der Waals surface area contributed by atoms with Crippen LogP contribution >= 0.6 is 0 Å². The summed E-state index contributed by atoms with van der Waals surface area (Å²) in [5.41, 5.74) is 0.631. The molecule has 0 aromatic heterocycles. The maximum absolute atomic E-state index is 12.9. The standard InChI is InChI=1S/C24H23FN2O6S/c1-2-32-19-11-13-20(14-12-19)34(30,31)27-22-6-4-3-5-21(22)24(29)33-16-23(28)26-15-17-7-9-18(25)10-8-17/h3-14,27H,2,15-16H2,1H3,(H,26,28). The molecular weight excluding hydrogens is 463 g/mol. The largest absolute Gasteiger partial charge is 0.494 e. The van der Waals surface area contributed by atoms with Crippen LogP contribution in [0.3, 0.4) is 0 Å². The van der Waals surface area contributed by atoms with Crippen molar-refractivity contribution in [2.75, 3.05) is 17.9 Å². The summed E-state index contributed by atoms with van der Waals surface area (Å²) in [5.74, 6) is -1.30. The highest BCUT2D eigenvalue weighted by Gasteiger charge is 2.20. The predicted octanol–water partition coefficient (Wildman–Crippen LogP) is 3.50. The van der Waals surface area contributed by atoms with Crippen molar-refractivity contribution in [3.63, 3.8) is 0 Å². The minimum atomic E-state index is -3.99. The highest BCUT2D eigenvalue weighted by atomic mass is 32.2. The molecule has 2 N–H and O–H groups in total. The zero-order valence-corrected chi connectivity index (χ0v) is 19.1. The third kappa shape index (κ3) is 6.79. The molecule has 0 saturated heterocycles. The van der Waals surface area contributed by atoms with Gasteiger partial charge >= 0.3 is 5.97 Å². The average Bonchev–Trinajstić information content (AvgIpc) is 2.83. The molecule has 8 nitrogen and oxygen atoms in total. The highest BCUT2D eigenvalue weighted by molar-refractivity contribution is 7.92. The number of para-hydroxylation sites is 1. The Morgan fingerprint density at radius 2 is 1.62 bits per heavy atom. The summed E-state index contributed by atoms with van der Waals surface area (Å²) in [5, 5.41) is 2.55. The second-order valence-corrected chi connectivity index (χ2v) is 8.72. The lowest BCUT2D eigenvalue weighted by atomic mass is 10.2. The van der Waals surface area contributed by atoms with Crippen LogP contribution in [0.4, 0.5) is 10.1 Å². The molecule has 0 aliphatic carbocycles. The Labute approximate surface area is 196 Å². The number of esters is 1. The number of sulfonamides is 1. The molecule has 178 valence electrons. The maximum atomic E-state index is 12.9. The summed E-state index contributed by atoms with van der Waals surface area (Å²) in [6.07, 6.45) is 0. The van der Waals surface area contributed by atoms with Gasteiger partial charge in [0.15, 0.2) is 6.61 Å². The van der Waals surface area contributed by atoms with Crippen LogP contribution < -0.4 is 14.8 Å². The summed E-state index contributed by atoms with van der Waals surface area (Å²) in [7, 11) is -3.99. The smallest absolute Gasteiger partial charge is 0.340 e. The molecule has 0 heterocycles. The summed E-state index contributed by atoms with van der Waals surface area (Å²) in [4.78, 5) is 24.5. The van der Waals surface area contributed by atoms with E-state index in [1.807, 2.05) is 6.92 Å². The number of hydrogen-bond donors (Lipinski definition) is 2.